The van der Waals surface area contributed by atoms with Gasteiger partial charge < -0.3 is 20.0 Å². The summed E-state index contributed by atoms with van der Waals surface area (Å²) in [6.07, 6.45) is -1.01. The number of halogens is 5. The van der Waals surface area contributed by atoms with Crippen molar-refractivity contribution in [2.24, 2.45) is 4.99 Å². The number of cyclic esters (lactones) is 1. The van der Waals surface area contributed by atoms with E-state index in [1.54, 1.807) is 6.07 Å². The number of para-hydroxylation sites is 1. The molecule has 2 aliphatic heterocycles. The first kappa shape index (κ1) is 38.1. The monoisotopic (exact) mass is 743 g/mol. The van der Waals surface area contributed by atoms with Crippen molar-refractivity contribution in [2.75, 3.05) is 19.7 Å². The number of nitrogens with zero attached hydrogens (tertiary/aromatic N) is 4. The summed E-state index contributed by atoms with van der Waals surface area (Å²) in [5, 5.41) is 14.5. The van der Waals surface area contributed by atoms with Gasteiger partial charge in [0, 0.05) is 46.7 Å². The Morgan fingerprint density at radius 3 is 2.18 bits per heavy atom. The molecule has 3 atom stereocenters. The zero-order valence-electron chi connectivity index (χ0n) is 26.4. The van der Waals surface area contributed by atoms with Crippen LogP contribution in [0.1, 0.15) is 48.8 Å². The van der Waals surface area contributed by atoms with Crippen molar-refractivity contribution in [3.05, 3.63) is 106 Å². The molecule has 0 aromatic heterocycles. The minimum atomic E-state index is -2.48. The molecule has 268 valence electrons. The molecule has 2 aliphatic rings. The number of carbonyl (C=O) groups is 4. The number of carboxylic acid groups (broad SMARTS) is 1. The predicted octanol–water partition coefficient (Wildman–Crippen LogP) is 5.99. The van der Waals surface area contributed by atoms with Gasteiger partial charge in [-0.05, 0) is 37.4 Å². The normalized spacial score (nSPS) is 17.6. The van der Waals surface area contributed by atoms with E-state index in [9.17, 15) is 37.5 Å². The van der Waals surface area contributed by atoms with Crippen LogP contribution in [-0.2, 0) is 42.2 Å². The predicted molar refractivity (Wildman–Crippen MR) is 165 cm³/mol. The average Bonchev–Trinajstić information content (AvgIpc) is 3.74. The van der Waals surface area contributed by atoms with E-state index in [4.69, 9.17) is 0 Å². The fourth-order valence-electron chi connectivity index (χ4n) is 6.02. The van der Waals surface area contributed by atoms with Gasteiger partial charge in [0.15, 0.2) is 29.3 Å². The van der Waals surface area contributed by atoms with Crippen LogP contribution in [0.4, 0.5) is 32.4 Å². The third kappa shape index (κ3) is 8.02. The molecule has 0 radical (unpaired) electrons. The molecule has 2 fully saturated rings. The molecule has 10 nitrogen and oxygen atoms in total. The summed E-state index contributed by atoms with van der Waals surface area (Å²) in [6.45, 7) is 1.98. The van der Waals surface area contributed by atoms with Crippen LogP contribution in [-0.4, -0.2) is 76.3 Å². The minimum Gasteiger partial charge on any atom is -0.625 e. The Bertz CT molecular complexity index is 1790. The van der Waals surface area contributed by atoms with Crippen LogP contribution < -0.4 is 0 Å². The summed E-state index contributed by atoms with van der Waals surface area (Å²) in [6, 6.07) is 12.7. The van der Waals surface area contributed by atoms with Crippen molar-refractivity contribution in [1.82, 2.24) is 9.80 Å². The summed E-state index contributed by atoms with van der Waals surface area (Å²) in [5.74, 6) is -17.7. The van der Waals surface area contributed by atoms with Crippen molar-refractivity contribution in [2.45, 2.75) is 50.7 Å². The number of benzene rings is 3. The van der Waals surface area contributed by atoms with E-state index in [1.165, 1.54) is 25.1 Å². The smallest absolute Gasteiger partial charge is 0.416 e. The van der Waals surface area contributed by atoms with Crippen molar-refractivity contribution < 1.29 is 67.5 Å². The Balaban J connectivity index is 0.00000562. The van der Waals surface area contributed by atoms with Gasteiger partial charge in [0.05, 0.1) is 18.5 Å². The number of ether oxygens (including phenoxy) is 1. The van der Waals surface area contributed by atoms with Crippen molar-refractivity contribution >= 4 is 35.3 Å². The van der Waals surface area contributed by atoms with Gasteiger partial charge in [-0.25, -0.2) is 36.4 Å². The van der Waals surface area contributed by atoms with Gasteiger partial charge >= 0.3 is 12.1 Å². The van der Waals surface area contributed by atoms with Gasteiger partial charge in [-0.3, -0.25) is 14.7 Å². The Kier molecular flexibility index (Phi) is 12.5. The molecule has 0 unspecified atom stereocenters. The Morgan fingerprint density at radius 1 is 0.940 bits per heavy atom. The van der Waals surface area contributed by atoms with Gasteiger partial charge in [-0.2, -0.15) is 0 Å². The second-order valence-electron chi connectivity index (χ2n) is 11.5. The fraction of sp³-hybridized carbons (Fsp3) is 0.324. The number of likely N-dealkylation sites (tertiary alicyclic amines) is 1. The van der Waals surface area contributed by atoms with Gasteiger partial charge in [-0.15, -0.1) is 5.69 Å². The first-order valence-electron chi connectivity index (χ1n) is 15.3. The molecule has 3 aromatic carbocycles. The zero-order chi connectivity index (χ0) is 35.4. The number of imide groups is 1. The first-order chi connectivity index (χ1) is 23.4. The second kappa shape index (κ2) is 16.3. The van der Waals surface area contributed by atoms with E-state index in [0.717, 1.165) is 12.0 Å². The molecule has 3 aromatic rings. The van der Waals surface area contributed by atoms with Crippen LogP contribution in [0, 0.1) is 29.1 Å². The third-order valence-corrected chi connectivity index (χ3v) is 8.44. The van der Waals surface area contributed by atoms with Crippen LogP contribution >= 0.6 is 0 Å². The number of hydrogen-bond donors (Lipinski definition) is 1. The summed E-state index contributed by atoms with van der Waals surface area (Å²) >= 11 is 0. The molecule has 2 heterocycles. The molecule has 50 heavy (non-hydrogen) atoms. The van der Waals surface area contributed by atoms with Gasteiger partial charge in [0.25, 0.3) is 0 Å². The van der Waals surface area contributed by atoms with Crippen LogP contribution in [0.15, 0.2) is 59.6 Å². The largest absolute Gasteiger partial charge is 0.625 e. The molecular formula is C34H30F5N4NiO6-. The van der Waals surface area contributed by atoms with Crippen LogP contribution in [0.25, 0.3) is 5.32 Å². The zero-order valence-corrected chi connectivity index (χ0v) is 27.3. The number of carbonyl (C=O) groups excluding carboxylic acids is 3. The average molecular weight is 744 g/mol. The summed E-state index contributed by atoms with van der Waals surface area (Å²) in [5.41, 5.74) is -0.481. The Hall–Kier alpha value is -4.69. The number of rotatable bonds is 11. The maximum atomic E-state index is 15.1. The van der Waals surface area contributed by atoms with Crippen LogP contribution in [0.2, 0.25) is 0 Å². The molecule has 3 amide bonds. The van der Waals surface area contributed by atoms with E-state index in [1.807, 2.05) is 35.2 Å². The molecule has 0 spiro atoms. The summed E-state index contributed by atoms with van der Waals surface area (Å²) in [7, 11) is 0. The van der Waals surface area contributed by atoms with E-state index in [2.05, 4.69) is 15.0 Å². The van der Waals surface area contributed by atoms with Crippen molar-refractivity contribution in [3.63, 3.8) is 0 Å². The van der Waals surface area contributed by atoms with Crippen molar-refractivity contribution in [3.8, 4) is 0 Å². The topological polar surface area (TPSA) is 131 Å². The molecular weight excluding hydrogens is 714 g/mol. The molecule has 5 rings (SSSR count). The molecule has 16 heteroatoms. The van der Waals surface area contributed by atoms with Gasteiger partial charge in [-0.1, -0.05) is 54.6 Å². The maximum absolute atomic E-state index is 15.1. The van der Waals surface area contributed by atoms with Gasteiger partial charge in [0.1, 0.15) is 6.61 Å². The van der Waals surface area contributed by atoms with Gasteiger partial charge in [0.2, 0.25) is 11.7 Å². The number of hydrogen-bond acceptors (Lipinski definition) is 7. The number of amides is 3. The number of carboxylic acids is 1. The molecule has 0 saturated carbocycles. The summed E-state index contributed by atoms with van der Waals surface area (Å²) in [4.78, 5) is 57.7. The first-order valence-corrected chi connectivity index (χ1v) is 15.3. The SMILES string of the molecule is CC(=N[C@@H](C(=O)O)[C@@H](CC(=O)N1CCOC1=O)c1c(F)c(F)c(F)c(F)c1F)c1ccccc1[N-]C(=O)[C@@H]1CCCN1Cc1ccccc1.[Ni]. The van der Waals surface area contributed by atoms with E-state index in [0.29, 0.717) is 24.4 Å². The fourth-order valence-corrected chi connectivity index (χ4v) is 6.02. The van der Waals surface area contributed by atoms with Crippen molar-refractivity contribution in [1.29, 1.82) is 0 Å². The third-order valence-electron chi connectivity index (χ3n) is 8.44. The number of aliphatic carboxylic acids is 1. The minimum absolute atomic E-state index is 0. The van der Waals surface area contributed by atoms with E-state index < -0.39 is 82.9 Å². The van der Waals surface area contributed by atoms with Crippen LogP contribution in [0.3, 0.4) is 0 Å². The Morgan fingerprint density at radius 2 is 1.56 bits per heavy atom. The molecule has 1 N–H and O–H groups in total. The van der Waals surface area contributed by atoms with E-state index >= 15 is 8.78 Å². The molecule has 0 aliphatic carbocycles. The standard InChI is InChI=1S/C34H31F5N4O6.Ni/c1-18(20-10-5-6-11-22(20)41-32(45)23-12-7-13-42(23)17-19-8-3-2-4-9-19)40-31(33(46)47)21(16-24(44)43-14-15-49-34(43)48)25-26(35)28(37)30(39)29(38)27(25)36;/h2-6,8-11,21,23,31H,7,12-17H2,1H3,(H2,40,41,45,46,47);/p-1/t21-,23-,31+;/m0./s1. The van der Waals surface area contributed by atoms with E-state index in [-0.39, 0.29) is 46.6 Å². The molecule has 0 bridgehead atoms. The summed E-state index contributed by atoms with van der Waals surface area (Å²) < 4.78 is 77.6. The Labute approximate surface area is 293 Å². The quantitative estimate of drug-likeness (QED) is 0.0840. The molecule has 2 saturated heterocycles. The van der Waals surface area contributed by atoms with Crippen LogP contribution in [0.5, 0.6) is 0 Å². The second-order valence-corrected chi connectivity index (χ2v) is 11.5. The number of aliphatic imine (C=N–C) groups is 1. The maximum Gasteiger partial charge on any atom is 0.416 e.